The first kappa shape index (κ1) is 16.6. The molecule has 0 radical (unpaired) electrons. The first-order chi connectivity index (χ1) is 12.8. The number of hydrogen-bond acceptors (Lipinski definition) is 3. The van der Waals surface area contributed by atoms with Crippen molar-refractivity contribution in [2.24, 2.45) is 0 Å². The van der Waals surface area contributed by atoms with Crippen molar-refractivity contribution in [3.8, 4) is 11.1 Å². The van der Waals surface area contributed by atoms with Gasteiger partial charge in [0.05, 0.1) is 12.4 Å². The average Bonchev–Trinajstić information content (AvgIpc) is 3.39. The van der Waals surface area contributed by atoms with Crippen LogP contribution in [0.25, 0.3) is 11.1 Å². The fraction of sp³-hybridized carbons (Fsp3) is 0.350. The Morgan fingerprint density at radius 2 is 2.19 bits per heavy atom. The number of benzene rings is 1. The van der Waals surface area contributed by atoms with Crippen molar-refractivity contribution in [2.45, 2.75) is 32.1 Å². The fourth-order valence-corrected chi connectivity index (χ4v) is 3.78. The van der Waals surface area contributed by atoms with E-state index in [0.717, 1.165) is 49.0 Å². The summed E-state index contributed by atoms with van der Waals surface area (Å²) in [4.78, 5) is 15.0. The zero-order valence-corrected chi connectivity index (χ0v) is 14.9. The molecule has 6 heteroatoms. The Morgan fingerprint density at radius 1 is 1.27 bits per heavy atom. The molecule has 1 aliphatic heterocycles. The fourth-order valence-electron chi connectivity index (χ4n) is 3.78. The Balaban J connectivity index is 1.54. The molecule has 3 aromatic rings. The van der Waals surface area contributed by atoms with Gasteiger partial charge in [0.2, 0.25) is 0 Å². The molecule has 0 aliphatic carbocycles. The van der Waals surface area contributed by atoms with Crippen molar-refractivity contribution in [3.05, 3.63) is 59.7 Å². The third kappa shape index (κ3) is 3.14. The van der Waals surface area contributed by atoms with Crippen molar-refractivity contribution < 1.29 is 4.79 Å². The number of aromatic nitrogens is 4. The summed E-state index contributed by atoms with van der Waals surface area (Å²) in [5.74, 6) is 0.430. The summed E-state index contributed by atoms with van der Waals surface area (Å²) < 4.78 is 0. The van der Waals surface area contributed by atoms with Crippen molar-refractivity contribution in [2.75, 3.05) is 13.1 Å². The van der Waals surface area contributed by atoms with E-state index in [4.69, 9.17) is 0 Å². The third-order valence-corrected chi connectivity index (χ3v) is 5.19. The van der Waals surface area contributed by atoms with Gasteiger partial charge in [-0.1, -0.05) is 19.1 Å². The maximum atomic E-state index is 13.1. The van der Waals surface area contributed by atoms with Crippen LogP contribution in [0.1, 0.15) is 47.3 Å². The Labute approximate surface area is 152 Å². The number of likely N-dealkylation sites (tertiary alicyclic amines) is 1. The van der Waals surface area contributed by atoms with Gasteiger partial charge in [0.1, 0.15) is 0 Å². The van der Waals surface area contributed by atoms with E-state index in [0.29, 0.717) is 5.92 Å². The normalized spacial score (nSPS) is 17.4. The van der Waals surface area contributed by atoms with E-state index in [1.165, 1.54) is 11.3 Å². The molecule has 1 saturated heterocycles. The molecule has 4 rings (SSSR count). The highest BCUT2D eigenvalue weighted by Crippen LogP contribution is 2.29. The highest BCUT2D eigenvalue weighted by atomic mass is 16.2. The predicted molar refractivity (Wildman–Crippen MR) is 99.9 cm³/mol. The van der Waals surface area contributed by atoms with Crippen LogP contribution in [0.15, 0.2) is 42.9 Å². The van der Waals surface area contributed by atoms with Gasteiger partial charge in [-0.25, -0.2) is 0 Å². The lowest BCUT2D eigenvalue weighted by Gasteiger charge is -2.33. The molecule has 1 aliphatic rings. The molecule has 6 nitrogen and oxygen atoms in total. The largest absolute Gasteiger partial charge is 0.338 e. The van der Waals surface area contributed by atoms with Crippen LogP contribution in [0.3, 0.4) is 0 Å². The molecule has 3 heterocycles. The number of rotatable bonds is 4. The minimum absolute atomic E-state index is 0.0950. The summed E-state index contributed by atoms with van der Waals surface area (Å²) in [6, 6.07) is 7.77. The lowest BCUT2D eigenvalue weighted by Crippen LogP contribution is -2.39. The van der Waals surface area contributed by atoms with E-state index in [9.17, 15) is 4.79 Å². The standard InChI is InChI=1S/C20H23N5O/c1-2-14-10-23-24-19(14)17-7-4-8-25(13-17)20(26)16-6-3-5-15(9-16)18-11-21-22-12-18/h3,5-6,9-12,17H,2,4,7-8,13H2,1H3,(H,21,22)(H,23,24)/t17-/m1/s1. The minimum atomic E-state index is 0.0950. The van der Waals surface area contributed by atoms with Crippen LogP contribution >= 0.6 is 0 Å². The van der Waals surface area contributed by atoms with Gasteiger partial charge in [-0.05, 0) is 42.5 Å². The number of piperidine rings is 1. The van der Waals surface area contributed by atoms with Crippen molar-refractivity contribution in [3.63, 3.8) is 0 Å². The number of amides is 1. The van der Waals surface area contributed by atoms with E-state index in [2.05, 4.69) is 27.3 Å². The quantitative estimate of drug-likeness (QED) is 0.758. The Kier molecular flexibility index (Phi) is 4.56. The molecule has 2 aromatic heterocycles. The Morgan fingerprint density at radius 3 is 3.00 bits per heavy atom. The summed E-state index contributed by atoms with van der Waals surface area (Å²) in [5.41, 5.74) is 5.16. The van der Waals surface area contributed by atoms with Gasteiger partial charge in [0, 0.05) is 42.0 Å². The number of carbonyl (C=O) groups excluding carboxylic acids is 1. The summed E-state index contributed by atoms with van der Waals surface area (Å²) in [6.07, 6.45) is 8.58. The highest BCUT2D eigenvalue weighted by molar-refractivity contribution is 5.95. The van der Waals surface area contributed by atoms with E-state index in [1.54, 1.807) is 6.20 Å². The molecule has 0 unspecified atom stereocenters. The van der Waals surface area contributed by atoms with Gasteiger partial charge in [0.25, 0.3) is 5.91 Å². The summed E-state index contributed by atoms with van der Waals surface area (Å²) in [5, 5.41) is 14.2. The van der Waals surface area contributed by atoms with Crippen molar-refractivity contribution in [1.29, 1.82) is 0 Å². The number of carbonyl (C=O) groups is 1. The zero-order chi connectivity index (χ0) is 17.9. The van der Waals surface area contributed by atoms with Crippen LogP contribution in [-0.2, 0) is 6.42 Å². The molecular weight excluding hydrogens is 326 g/mol. The monoisotopic (exact) mass is 349 g/mol. The maximum absolute atomic E-state index is 13.1. The smallest absolute Gasteiger partial charge is 0.253 e. The Hall–Kier alpha value is -2.89. The molecule has 0 bridgehead atoms. The first-order valence-electron chi connectivity index (χ1n) is 9.17. The zero-order valence-electron chi connectivity index (χ0n) is 14.9. The second kappa shape index (κ2) is 7.15. The van der Waals surface area contributed by atoms with Crippen LogP contribution in [-0.4, -0.2) is 44.3 Å². The summed E-state index contributed by atoms with van der Waals surface area (Å²) >= 11 is 0. The minimum Gasteiger partial charge on any atom is -0.338 e. The van der Waals surface area contributed by atoms with Crippen LogP contribution in [0.4, 0.5) is 0 Å². The molecule has 134 valence electrons. The molecule has 2 N–H and O–H groups in total. The highest BCUT2D eigenvalue weighted by Gasteiger charge is 2.27. The van der Waals surface area contributed by atoms with Crippen molar-refractivity contribution >= 4 is 5.91 Å². The summed E-state index contributed by atoms with van der Waals surface area (Å²) in [6.45, 7) is 3.69. The first-order valence-corrected chi connectivity index (χ1v) is 9.17. The van der Waals surface area contributed by atoms with Gasteiger partial charge in [-0.3, -0.25) is 15.0 Å². The molecule has 0 saturated carbocycles. The molecular formula is C20H23N5O. The van der Waals surface area contributed by atoms with E-state index in [1.807, 2.05) is 41.6 Å². The number of aryl methyl sites for hydroxylation is 1. The van der Waals surface area contributed by atoms with Crippen LogP contribution < -0.4 is 0 Å². The second-order valence-corrected chi connectivity index (χ2v) is 6.82. The van der Waals surface area contributed by atoms with Crippen molar-refractivity contribution in [1.82, 2.24) is 25.3 Å². The van der Waals surface area contributed by atoms with Gasteiger partial charge in [-0.15, -0.1) is 0 Å². The SMILES string of the molecule is CCc1cn[nH]c1[C@@H]1CCCN(C(=O)c2cccc(-c3cn[nH]c3)c2)C1. The summed E-state index contributed by atoms with van der Waals surface area (Å²) in [7, 11) is 0. The molecule has 1 atom stereocenters. The van der Waals surface area contributed by atoms with Crippen LogP contribution in [0.5, 0.6) is 0 Å². The number of nitrogens with one attached hydrogen (secondary N) is 2. The molecule has 1 aromatic carbocycles. The lowest BCUT2D eigenvalue weighted by atomic mass is 9.91. The van der Waals surface area contributed by atoms with E-state index >= 15 is 0 Å². The molecule has 1 amide bonds. The average molecular weight is 349 g/mol. The molecule has 1 fully saturated rings. The second-order valence-electron chi connectivity index (χ2n) is 6.82. The molecule has 0 spiro atoms. The predicted octanol–water partition coefficient (Wildman–Crippen LogP) is 3.38. The van der Waals surface area contributed by atoms with Crippen LogP contribution in [0.2, 0.25) is 0 Å². The van der Waals surface area contributed by atoms with Gasteiger partial charge >= 0.3 is 0 Å². The van der Waals surface area contributed by atoms with E-state index < -0.39 is 0 Å². The van der Waals surface area contributed by atoms with Crippen LogP contribution in [0, 0.1) is 0 Å². The Bertz CT molecular complexity index is 883. The van der Waals surface area contributed by atoms with Gasteiger partial charge < -0.3 is 4.90 Å². The molecule has 26 heavy (non-hydrogen) atoms. The van der Waals surface area contributed by atoms with Gasteiger partial charge in [0.15, 0.2) is 0 Å². The maximum Gasteiger partial charge on any atom is 0.253 e. The third-order valence-electron chi connectivity index (χ3n) is 5.19. The van der Waals surface area contributed by atoms with Gasteiger partial charge in [-0.2, -0.15) is 10.2 Å². The van der Waals surface area contributed by atoms with E-state index in [-0.39, 0.29) is 5.91 Å². The number of aromatic amines is 2. The topological polar surface area (TPSA) is 77.7 Å². The lowest BCUT2D eigenvalue weighted by molar-refractivity contribution is 0.0705. The number of nitrogens with zero attached hydrogens (tertiary/aromatic N) is 3. The number of hydrogen-bond donors (Lipinski definition) is 2. The number of H-pyrrole nitrogens is 2.